The second kappa shape index (κ2) is 3.52. The lowest BCUT2D eigenvalue weighted by Gasteiger charge is -2.35. The number of hydrogen-bond donors (Lipinski definition) is 0. The number of halogens is 1. The fourth-order valence-corrected chi connectivity index (χ4v) is 1.07. The Bertz CT molecular complexity index is 176. The molecule has 0 aliphatic heterocycles. The van der Waals surface area contributed by atoms with Crippen LogP contribution in [0.15, 0.2) is 0 Å². The zero-order valence-electron chi connectivity index (χ0n) is 8.73. The Labute approximate surface area is 88.8 Å². The summed E-state index contributed by atoms with van der Waals surface area (Å²) in [4.78, 5) is 13.5. The molecular formula is C9H18INO. The van der Waals surface area contributed by atoms with Crippen LogP contribution in [0.25, 0.3) is 0 Å². The van der Waals surface area contributed by atoms with Crippen LogP contribution in [0.5, 0.6) is 0 Å². The van der Waals surface area contributed by atoms with Gasteiger partial charge in [-0.1, -0.05) is 22.6 Å². The van der Waals surface area contributed by atoms with E-state index in [1.807, 2.05) is 41.7 Å². The van der Waals surface area contributed by atoms with Crippen LogP contribution in [0.4, 0.5) is 0 Å². The molecule has 0 saturated heterocycles. The molecule has 0 rings (SSSR count). The molecule has 0 aromatic rings. The summed E-state index contributed by atoms with van der Waals surface area (Å²) in [7, 11) is 1.85. The molecule has 0 aromatic heterocycles. The molecule has 0 N–H and O–H groups in total. The standard InChI is InChI=1S/C9H18INO/c1-8(2,3)11(6)7(12)9(4,5)10/h1-6H3. The summed E-state index contributed by atoms with van der Waals surface area (Å²) in [5.74, 6) is 0.176. The molecule has 0 saturated carbocycles. The number of nitrogens with zero attached hydrogens (tertiary/aromatic N) is 1. The van der Waals surface area contributed by atoms with Crippen molar-refractivity contribution in [2.24, 2.45) is 0 Å². The van der Waals surface area contributed by atoms with Crippen LogP contribution in [0, 0.1) is 0 Å². The Morgan fingerprint density at radius 2 is 1.50 bits per heavy atom. The van der Waals surface area contributed by atoms with Crippen LogP contribution < -0.4 is 0 Å². The number of rotatable bonds is 1. The van der Waals surface area contributed by atoms with Gasteiger partial charge >= 0.3 is 0 Å². The van der Waals surface area contributed by atoms with Crippen molar-refractivity contribution in [2.75, 3.05) is 7.05 Å². The van der Waals surface area contributed by atoms with Gasteiger partial charge in [-0.25, -0.2) is 0 Å². The molecule has 2 nitrogen and oxygen atoms in total. The van der Waals surface area contributed by atoms with Crippen molar-refractivity contribution in [2.45, 2.75) is 43.6 Å². The monoisotopic (exact) mass is 283 g/mol. The highest BCUT2D eigenvalue weighted by Crippen LogP contribution is 2.23. The number of alkyl halides is 1. The van der Waals surface area contributed by atoms with Crippen molar-refractivity contribution in [3.8, 4) is 0 Å². The Kier molecular flexibility index (Phi) is 3.58. The summed E-state index contributed by atoms with van der Waals surface area (Å²) in [6.07, 6.45) is 0. The van der Waals surface area contributed by atoms with E-state index in [1.54, 1.807) is 4.90 Å². The minimum atomic E-state index is -0.306. The molecule has 72 valence electrons. The van der Waals surface area contributed by atoms with E-state index in [0.29, 0.717) is 0 Å². The van der Waals surface area contributed by atoms with Gasteiger partial charge in [-0.3, -0.25) is 4.79 Å². The van der Waals surface area contributed by atoms with E-state index >= 15 is 0 Å². The largest absolute Gasteiger partial charge is 0.340 e. The molecule has 0 radical (unpaired) electrons. The topological polar surface area (TPSA) is 20.3 Å². The maximum Gasteiger partial charge on any atom is 0.238 e. The molecule has 12 heavy (non-hydrogen) atoms. The molecule has 0 aliphatic rings. The Morgan fingerprint density at radius 3 is 1.58 bits per heavy atom. The molecular weight excluding hydrogens is 265 g/mol. The summed E-state index contributed by atoms with van der Waals surface area (Å²) in [6.45, 7) is 9.96. The van der Waals surface area contributed by atoms with E-state index < -0.39 is 0 Å². The van der Waals surface area contributed by atoms with Gasteiger partial charge in [0.15, 0.2) is 0 Å². The van der Waals surface area contributed by atoms with Gasteiger partial charge in [0.2, 0.25) is 5.91 Å². The van der Waals surface area contributed by atoms with Crippen molar-refractivity contribution in [1.82, 2.24) is 4.90 Å². The normalized spacial score (nSPS) is 12.9. The first-order valence-electron chi connectivity index (χ1n) is 4.04. The summed E-state index contributed by atoms with van der Waals surface area (Å²) in [5, 5.41) is 0. The molecule has 0 fully saturated rings. The van der Waals surface area contributed by atoms with E-state index in [9.17, 15) is 4.79 Å². The van der Waals surface area contributed by atoms with Gasteiger partial charge in [0.25, 0.3) is 0 Å². The number of carbonyl (C=O) groups is 1. The SMILES string of the molecule is CN(C(=O)C(C)(C)I)C(C)(C)C. The summed E-state index contributed by atoms with van der Waals surface area (Å²) in [5.41, 5.74) is -0.0838. The van der Waals surface area contributed by atoms with Gasteiger partial charge in [-0.15, -0.1) is 0 Å². The van der Waals surface area contributed by atoms with E-state index in [4.69, 9.17) is 0 Å². The average Bonchev–Trinajstić information content (AvgIpc) is 1.80. The molecule has 0 spiro atoms. The van der Waals surface area contributed by atoms with E-state index in [1.165, 1.54) is 0 Å². The maximum atomic E-state index is 11.7. The van der Waals surface area contributed by atoms with E-state index in [2.05, 4.69) is 22.6 Å². The van der Waals surface area contributed by atoms with Gasteiger partial charge in [0, 0.05) is 12.6 Å². The van der Waals surface area contributed by atoms with Crippen LogP contribution in [0.2, 0.25) is 0 Å². The summed E-state index contributed by atoms with van der Waals surface area (Å²) in [6, 6.07) is 0. The van der Waals surface area contributed by atoms with Crippen LogP contribution in [0.3, 0.4) is 0 Å². The highest BCUT2D eigenvalue weighted by Gasteiger charge is 2.32. The minimum absolute atomic E-state index is 0.0838. The highest BCUT2D eigenvalue weighted by molar-refractivity contribution is 14.1. The second-order valence-corrected chi connectivity index (χ2v) is 7.20. The third-order valence-electron chi connectivity index (χ3n) is 1.82. The predicted molar refractivity (Wildman–Crippen MR) is 60.6 cm³/mol. The molecule has 0 atom stereocenters. The van der Waals surface area contributed by atoms with Crippen molar-refractivity contribution < 1.29 is 4.79 Å². The first-order valence-corrected chi connectivity index (χ1v) is 5.12. The Balaban J connectivity index is 4.53. The second-order valence-electron chi connectivity index (χ2n) is 4.51. The molecule has 0 bridgehead atoms. The van der Waals surface area contributed by atoms with Gasteiger partial charge in [-0.2, -0.15) is 0 Å². The van der Waals surface area contributed by atoms with Gasteiger partial charge in [-0.05, 0) is 34.6 Å². The fourth-order valence-electron chi connectivity index (χ4n) is 0.703. The number of carbonyl (C=O) groups excluding carboxylic acids is 1. The van der Waals surface area contributed by atoms with E-state index in [0.717, 1.165) is 0 Å². The third-order valence-corrected chi connectivity index (χ3v) is 2.28. The van der Waals surface area contributed by atoms with Gasteiger partial charge < -0.3 is 4.90 Å². The number of hydrogen-bond acceptors (Lipinski definition) is 1. The zero-order chi connectivity index (χ0) is 10.2. The first kappa shape index (κ1) is 12.2. The highest BCUT2D eigenvalue weighted by atomic mass is 127. The zero-order valence-corrected chi connectivity index (χ0v) is 10.9. The van der Waals surface area contributed by atoms with Crippen LogP contribution in [0.1, 0.15) is 34.6 Å². The molecule has 1 amide bonds. The van der Waals surface area contributed by atoms with Crippen molar-refractivity contribution >= 4 is 28.5 Å². The summed E-state index contributed by atoms with van der Waals surface area (Å²) < 4.78 is -0.306. The van der Waals surface area contributed by atoms with Crippen molar-refractivity contribution in [3.63, 3.8) is 0 Å². The van der Waals surface area contributed by atoms with Crippen LogP contribution >= 0.6 is 22.6 Å². The minimum Gasteiger partial charge on any atom is -0.340 e. The lowest BCUT2D eigenvalue weighted by atomic mass is 10.0. The van der Waals surface area contributed by atoms with Crippen molar-refractivity contribution in [3.05, 3.63) is 0 Å². The first-order chi connectivity index (χ1) is 5.07. The lowest BCUT2D eigenvalue weighted by Crippen LogP contribution is -2.48. The molecule has 3 heteroatoms. The maximum absolute atomic E-state index is 11.7. The lowest BCUT2D eigenvalue weighted by molar-refractivity contribution is -0.135. The average molecular weight is 283 g/mol. The third kappa shape index (κ3) is 3.29. The molecule has 0 aromatic carbocycles. The fraction of sp³-hybridized carbons (Fsp3) is 0.889. The Hall–Kier alpha value is 0.200. The number of amides is 1. The summed E-state index contributed by atoms with van der Waals surface area (Å²) >= 11 is 2.17. The van der Waals surface area contributed by atoms with Crippen molar-refractivity contribution in [1.29, 1.82) is 0 Å². The molecule has 0 aliphatic carbocycles. The van der Waals surface area contributed by atoms with E-state index in [-0.39, 0.29) is 14.9 Å². The van der Waals surface area contributed by atoms with Crippen LogP contribution in [-0.2, 0) is 4.79 Å². The van der Waals surface area contributed by atoms with Gasteiger partial charge in [0.05, 0.1) is 3.42 Å². The quantitative estimate of drug-likeness (QED) is 0.534. The van der Waals surface area contributed by atoms with Crippen LogP contribution in [-0.4, -0.2) is 26.8 Å². The smallest absolute Gasteiger partial charge is 0.238 e. The van der Waals surface area contributed by atoms with Gasteiger partial charge in [0.1, 0.15) is 0 Å². The molecule has 0 unspecified atom stereocenters. The Morgan fingerprint density at radius 1 is 1.17 bits per heavy atom. The molecule has 0 heterocycles. The predicted octanol–water partition coefficient (Wildman–Crippen LogP) is 2.46.